The second kappa shape index (κ2) is 14.5. The first-order chi connectivity index (χ1) is 18.5. The Labute approximate surface area is 238 Å². The highest BCUT2D eigenvalue weighted by Crippen LogP contribution is 2.44. The van der Waals surface area contributed by atoms with Crippen LogP contribution in [0.4, 0.5) is 0 Å². The first-order valence-electron chi connectivity index (χ1n) is 14.2. The molecule has 3 aromatic rings. The number of aromatic nitrogens is 1. The molecule has 1 aliphatic carbocycles. The minimum absolute atomic E-state index is 0.824. The van der Waals surface area contributed by atoms with Crippen molar-refractivity contribution < 1.29 is 0 Å². The topological polar surface area (TPSA) is 4.93 Å². The molecule has 0 amide bonds. The van der Waals surface area contributed by atoms with Crippen molar-refractivity contribution in [2.45, 2.75) is 81.2 Å². The van der Waals surface area contributed by atoms with Crippen LogP contribution in [0.2, 0.25) is 0 Å². The van der Waals surface area contributed by atoms with Crippen molar-refractivity contribution in [1.29, 1.82) is 0 Å². The molecule has 0 unspecified atom stereocenters. The Morgan fingerprint density at radius 1 is 0.949 bits per heavy atom. The van der Waals surface area contributed by atoms with E-state index in [1.54, 1.807) is 0 Å². The predicted molar refractivity (Wildman–Crippen MR) is 178 cm³/mol. The van der Waals surface area contributed by atoms with Crippen LogP contribution in [0, 0.1) is 20.8 Å². The zero-order valence-corrected chi connectivity index (χ0v) is 25.8. The molecule has 1 heterocycles. The third-order valence-corrected chi connectivity index (χ3v) is 7.00. The molecule has 1 heteroatoms. The highest BCUT2D eigenvalue weighted by Gasteiger charge is 2.26. The van der Waals surface area contributed by atoms with Crippen LogP contribution in [0.25, 0.3) is 27.6 Å². The molecule has 0 N–H and O–H groups in total. The number of nitrogens with zero attached hydrogens (tertiary/aromatic N) is 1. The van der Waals surface area contributed by atoms with Crippen LogP contribution in [0.15, 0.2) is 92.1 Å². The standard InChI is InChI=1S/C24H27N.C11H14.C3H8/c1-8-9-10-20-18(6)11-19(7)24-23(20)21-12-16(4)17(5)13-22(21)25(24)14-15(2)3;1-4-9(2)11-8-6-5-7-10(11)3;1-3-2/h8-10,12-13H,1-2,7,11,14H2,3-6H3;5-8H,2,4H2,1,3H3;3H2,1-2H3/b10-9-;;. The van der Waals surface area contributed by atoms with E-state index in [9.17, 15) is 0 Å². The van der Waals surface area contributed by atoms with Crippen LogP contribution in [0.5, 0.6) is 0 Å². The van der Waals surface area contributed by atoms with E-state index in [1.807, 2.05) is 12.2 Å². The first-order valence-corrected chi connectivity index (χ1v) is 14.2. The molecule has 1 aromatic heterocycles. The minimum Gasteiger partial charge on any atom is -0.336 e. The summed E-state index contributed by atoms with van der Waals surface area (Å²) >= 11 is 0. The van der Waals surface area contributed by atoms with E-state index in [2.05, 4.69) is 129 Å². The first kappa shape index (κ1) is 31.6. The Hall–Kier alpha value is -3.58. The lowest BCUT2D eigenvalue weighted by atomic mass is 9.85. The number of rotatable bonds is 6. The van der Waals surface area contributed by atoms with Gasteiger partial charge in [-0.15, -0.1) is 0 Å². The van der Waals surface area contributed by atoms with Crippen molar-refractivity contribution in [3.05, 3.63) is 126 Å². The van der Waals surface area contributed by atoms with Crippen LogP contribution >= 0.6 is 0 Å². The average Bonchev–Trinajstić information content (AvgIpc) is 3.17. The molecule has 0 spiro atoms. The van der Waals surface area contributed by atoms with Crippen LogP contribution < -0.4 is 0 Å². The lowest BCUT2D eigenvalue weighted by Gasteiger charge is -2.21. The van der Waals surface area contributed by atoms with E-state index in [0.717, 1.165) is 25.0 Å². The molecule has 1 nitrogen and oxygen atoms in total. The molecule has 0 fully saturated rings. The van der Waals surface area contributed by atoms with Gasteiger partial charge in [0.2, 0.25) is 0 Å². The maximum Gasteiger partial charge on any atom is 0.0530 e. The summed E-state index contributed by atoms with van der Waals surface area (Å²) < 4.78 is 2.40. The molecule has 39 heavy (non-hydrogen) atoms. The molecule has 206 valence electrons. The molecule has 0 atom stereocenters. The van der Waals surface area contributed by atoms with Gasteiger partial charge >= 0.3 is 0 Å². The smallest absolute Gasteiger partial charge is 0.0530 e. The molecular weight excluding hydrogens is 470 g/mol. The van der Waals surface area contributed by atoms with Crippen molar-refractivity contribution in [2.24, 2.45) is 0 Å². The molecule has 0 radical (unpaired) electrons. The highest BCUT2D eigenvalue weighted by atomic mass is 15.0. The maximum absolute atomic E-state index is 4.40. The zero-order valence-electron chi connectivity index (χ0n) is 25.8. The fourth-order valence-electron chi connectivity index (χ4n) is 4.94. The normalized spacial score (nSPS) is 12.5. The Kier molecular flexibility index (Phi) is 11.8. The van der Waals surface area contributed by atoms with Crippen molar-refractivity contribution in [3.8, 4) is 0 Å². The predicted octanol–water partition coefficient (Wildman–Crippen LogP) is 11.6. The molecule has 0 saturated heterocycles. The van der Waals surface area contributed by atoms with Crippen molar-refractivity contribution in [3.63, 3.8) is 0 Å². The molecule has 4 rings (SSSR count). The van der Waals surface area contributed by atoms with Crippen molar-refractivity contribution in [1.82, 2.24) is 4.57 Å². The summed E-state index contributed by atoms with van der Waals surface area (Å²) in [6.45, 7) is 34.4. The van der Waals surface area contributed by atoms with E-state index in [1.165, 1.54) is 73.1 Å². The van der Waals surface area contributed by atoms with Gasteiger partial charge in [-0.2, -0.15) is 0 Å². The lowest BCUT2D eigenvalue weighted by Crippen LogP contribution is -2.08. The van der Waals surface area contributed by atoms with Gasteiger partial charge in [-0.25, -0.2) is 0 Å². The number of aryl methyl sites for hydroxylation is 3. The Bertz CT molecular complexity index is 1430. The van der Waals surface area contributed by atoms with E-state index < -0.39 is 0 Å². The third kappa shape index (κ3) is 7.51. The number of hydrogen-bond donors (Lipinski definition) is 0. The summed E-state index contributed by atoms with van der Waals surface area (Å²) in [7, 11) is 0. The van der Waals surface area contributed by atoms with E-state index >= 15 is 0 Å². The second-order valence-electron chi connectivity index (χ2n) is 10.8. The van der Waals surface area contributed by atoms with E-state index in [0.29, 0.717) is 0 Å². The number of allylic oxidation sites excluding steroid dienone is 8. The van der Waals surface area contributed by atoms with Crippen molar-refractivity contribution in [2.75, 3.05) is 0 Å². The largest absolute Gasteiger partial charge is 0.336 e. The Balaban J connectivity index is 0.000000317. The molecular formula is C38H49N. The summed E-state index contributed by atoms with van der Waals surface area (Å²) in [5.74, 6) is 0. The van der Waals surface area contributed by atoms with E-state index in [-0.39, 0.29) is 0 Å². The summed E-state index contributed by atoms with van der Waals surface area (Å²) in [6, 6.07) is 13.0. The number of hydrogen-bond acceptors (Lipinski definition) is 0. The fraction of sp³-hybridized carbons (Fsp3) is 0.316. The van der Waals surface area contributed by atoms with Gasteiger partial charge in [-0.3, -0.25) is 0 Å². The number of benzene rings is 2. The molecule has 0 bridgehead atoms. The average molecular weight is 520 g/mol. The van der Waals surface area contributed by atoms with Gasteiger partial charge in [0.25, 0.3) is 0 Å². The number of fused-ring (bicyclic) bond motifs is 3. The Morgan fingerprint density at radius 3 is 2.13 bits per heavy atom. The van der Waals surface area contributed by atoms with Gasteiger partial charge in [0.05, 0.1) is 5.69 Å². The molecule has 2 aromatic carbocycles. The maximum atomic E-state index is 4.40. The van der Waals surface area contributed by atoms with Gasteiger partial charge in [0.15, 0.2) is 0 Å². The highest BCUT2D eigenvalue weighted by molar-refractivity contribution is 6.04. The Morgan fingerprint density at radius 2 is 1.56 bits per heavy atom. The molecule has 1 aliphatic rings. The minimum atomic E-state index is 0.824. The summed E-state index contributed by atoms with van der Waals surface area (Å²) in [5.41, 5.74) is 15.3. The van der Waals surface area contributed by atoms with Gasteiger partial charge < -0.3 is 4.57 Å². The monoisotopic (exact) mass is 519 g/mol. The van der Waals surface area contributed by atoms with Crippen LogP contribution in [-0.4, -0.2) is 4.57 Å². The molecule has 0 aliphatic heterocycles. The third-order valence-electron chi connectivity index (χ3n) is 7.00. The van der Waals surface area contributed by atoms with Crippen LogP contribution in [0.3, 0.4) is 0 Å². The van der Waals surface area contributed by atoms with Crippen LogP contribution in [0.1, 0.15) is 87.4 Å². The van der Waals surface area contributed by atoms with E-state index in [4.69, 9.17) is 0 Å². The summed E-state index contributed by atoms with van der Waals surface area (Å²) in [6.07, 6.45) is 9.25. The summed E-state index contributed by atoms with van der Waals surface area (Å²) in [5, 5.41) is 1.31. The SMILES string of the molecule is C=C(CC)c1ccccc1C.C=C/C=C\C1=C(C)CC(=C)c2c1c1cc(C)c(C)cc1n2CC(=C)C.CCC. The second-order valence-corrected chi connectivity index (χ2v) is 10.8. The molecule has 0 saturated carbocycles. The zero-order chi connectivity index (χ0) is 29.3. The summed E-state index contributed by atoms with van der Waals surface area (Å²) in [4.78, 5) is 0. The van der Waals surface area contributed by atoms with Gasteiger partial charge in [0, 0.05) is 23.0 Å². The lowest BCUT2D eigenvalue weighted by molar-refractivity contribution is 0.804. The quantitative estimate of drug-likeness (QED) is 0.225. The fourth-order valence-corrected chi connectivity index (χ4v) is 4.94. The van der Waals surface area contributed by atoms with Crippen LogP contribution in [-0.2, 0) is 6.54 Å². The van der Waals surface area contributed by atoms with Crippen molar-refractivity contribution >= 4 is 27.6 Å². The van der Waals surface area contributed by atoms with Gasteiger partial charge in [0.1, 0.15) is 0 Å². The van der Waals surface area contributed by atoms with Gasteiger partial charge in [-0.05, 0) is 98.6 Å². The van der Waals surface area contributed by atoms with Gasteiger partial charge in [-0.1, -0.05) is 107 Å².